The van der Waals surface area contributed by atoms with Crippen LogP contribution in [0.5, 0.6) is 11.6 Å². The minimum absolute atomic E-state index is 0.209. The van der Waals surface area contributed by atoms with Crippen LogP contribution in [-0.2, 0) is 5.88 Å². The number of halogens is 4. The number of alkyl halides is 1. The van der Waals surface area contributed by atoms with Crippen molar-refractivity contribution in [3.8, 4) is 11.6 Å². The lowest BCUT2D eigenvalue weighted by Gasteiger charge is -2.09. The summed E-state index contributed by atoms with van der Waals surface area (Å²) in [5.41, 5.74) is 1.64. The van der Waals surface area contributed by atoms with E-state index in [0.29, 0.717) is 16.8 Å². The third kappa shape index (κ3) is 3.59. The lowest BCUT2D eigenvalue weighted by atomic mass is 10.2. The van der Waals surface area contributed by atoms with Gasteiger partial charge >= 0.3 is 0 Å². The number of benzene rings is 1. The molecule has 19 heavy (non-hydrogen) atoms. The zero-order valence-corrected chi connectivity index (χ0v) is 13.0. The summed E-state index contributed by atoms with van der Waals surface area (Å²) < 4.78 is 19.2. The summed E-state index contributed by atoms with van der Waals surface area (Å²) >= 11 is 14.8. The van der Waals surface area contributed by atoms with Gasteiger partial charge in [0.25, 0.3) is 0 Å². The first-order valence-electron chi connectivity index (χ1n) is 5.35. The molecule has 1 aromatic heterocycles. The fourth-order valence-electron chi connectivity index (χ4n) is 1.53. The molecule has 0 N–H and O–H groups in total. The molecule has 0 amide bonds. The topological polar surface area (TPSA) is 22.1 Å². The Kier molecular flexibility index (Phi) is 4.66. The largest absolute Gasteiger partial charge is 0.437 e. The third-order valence-electron chi connectivity index (χ3n) is 2.33. The molecule has 2 nitrogen and oxygen atoms in total. The number of nitrogens with zero attached hydrogens (tertiary/aromatic N) is 1. The molecule has 0 aliphatic heterocycles. The molecule has 0 fully saturated rings. The maximum atomic E-state index is 13.5. The fourth-order valence-corrected chi connectivity index (χ4v) is 2.36. The first-order valence-corrected chi connectivity index (χ1v) is 7.06. The zero-order chi connectivity index (χ0) is 14.0. The second kappa shape index (κ2) is 6.07. The Balaban J connectivity index is 2.36. The van der Waals surface area contributed by atoms with Crippen LogP contribution in [0.15, 0.2) is 28.7 Å². The van der Waals surface area contributed by atoms with Gasteiger partial charge in [-0.05, 0) is 40.5 Å². The van der Waals surface area contributed by atoms with Gasteiger partial charge in [0.15, 0.2) is 5.75 Å². The number of hydrogen-bond donors (Lipinski definition) is 0. The summed E-state index contributed by atoms with van der Waals surface area (Å²) in [5, 5.41) is 0.295. The van der Waals surface area contributed by atoms with Crippen molar-refractivity contribution in [1.82, 2.24) is 4.98 Å². The number of hydrogen-bond acceptors (Lipinski definition) is 2. The maximum Gasteiger partial charge on any atom is 0.219 e. The van der Waals surface area contributed by atoms with Gasteiger partial charge in [-0.1, -0.05) is 11.6 Å². The zero-order valence-electron chi connectivity index (χ0n) is 9.88. The smallest absolute Gasteiger partial charge is 0.219 e. The molecule has 1 aromatic carbocycles. The second-order valence-corrected chi connectivity index (χ2v) is 5.42. The van der Waals surface area contributed by atoms with Crippen LogP contribution in [-0.4, -0.2) is 4.98 Å². The summed E-state index contributed by atoms with van der Waals surface area (Å²) in [6.45, 7) is 1.83. The van der Waals surface area contributed by atoms with Crippen molar-refractivity contribution in [2.24, 2.45) is 0 Å². The SMILES string of the molecule is Cc1cc(CCl)cc(Oc2cc(F)c(Br)cc2Cl)n1. The van der Waals surface area contributed by atoms with E-state index >= 15 is 0 Å². The van der Waals surface area contributed by atoms with E-state index in [1.807, 2.05) is 13.0 Å². The predicted molar refractivity (Wildman–Crippen MR) is 77.7 cm³/mol. The molecular weight excluding hydrogens is 356 g/mol. The van der Waals surface area contributed by atoms with Crippen LogP contribution >= 0.6 is 39.1 Å². The van der Waals surface area contributed by atoms with Crippen molar-refractivity contribution in [3.05, 3.63) is 50.8 Å². The van der Waals surface area contributed by atoms with Gasteiger partial charge in [0.05, 0.1) is 9.50 Å². The van der Waals surface area contributed by atoms with Gasteiger partial charge < -0.3 is 4.74 Å². The second-order valence-electron chi connectivity index (χ2n) is 3.89. The average molecular weight is 365 g/mol. The molecule has 0 radical (unpaired) electrons. The van der Waals surface area contributed by atoms with E-state index in [4.69, 9.17) is 27.9 Å². The van der Waals surface area contributed by atoms with Gasteiger partial charge in [-0.3, -0.25) is 0 Å². The molecule has 6 heteroatoms. The summed E-state index contributed by atoms with van der Waals surface area (Å²) in [4.78, 5) is 4.20. The monoisotopic (exact) mass is 363 g/mol. The maximum absolute atomic E-state index is 13.5. The van der Waals surface area contributed by atoms with Gasteiger partial charge in [0, 0.05) is 23.7 Å². The van der Waals surface area contributed by atoms with Crippen molar-refractivity contribution < 1.29 is 9.13 Å². The summed E-state index contributed by atoms with van der Waals surface area (Å²) in [7, 11) is 0. The molecule has 0 bridgehead atoms. The van der Waals surface area contributed by atoms with Crippen LogP contribution in [0.2, 0.25) is 5.02 Å². The highest BCUT2D eigenvalue weighted by Crippen LogP contribution is 2.33. The Morgan fingerprint density at radius 3 is 2.74 bits per heavy atom. The first kappa shape index (κ1) is 14.6. The van der Waals surface area contributed by atoms with Crippen LogP contribution < -0.4 is 4.74 Å². The Labute approximate surface area is 128 Å². The van der Waals surface area contributed by atoms with Crippen LogP contribution in [0.3, 0.4) is 0 Å². The lowest BCUT2D eigenvalue weighted by Crippen LogP contribution is -1.94. The Morgan fingerprint density at radius 2 is 2.05 bits per heavy atom. The number of aryl methyl sites for hydroxylation is 1. The standard InChI is InChI=1S/C13H9BrCl2FNO/c1-7-2-8(6-15)3-13(18-7)19-12-5-11(17)9(14)4-10(12)16/h2-5H,6H2,1H3. The van der Waals surface area contributed by atoms with Crippen LogP contribution in [0.25, 0.3) is 0 Å². The fraction of sp³-hybridized carbons (Fsp3) is 0.154. The van der Waals surface area contributed by atoms with Crippen molar-refractivity contribution in [2.75, 3.05) is 0 Å². The molecule has 1 heterocycles. The highest BCUT2D eigenvalue weighted by Gasteiger charge is 2.10. The minimum atomic E-state index is -0.454. The van der Waals surface area contributed by atoms with Crippen molar-refractivity contribution >= 4 is 39.1 Å². The van der Waals surface area contributed by atoms with Crippen molar-refractivity contribution in [2.45, 2.75) is 12.8 Å². The molecule has 0 saturated heterocycles. The molecule has 0 spiro atoms. The molecule has 0 aliphatic carbocycles. The summed E-state index contributed by atoms with van der Waals surface area (Å²) in [5.74, 6) is 0.437. The Morgan fingerprint density at radius 1 is 1.32 bits per heavy atom. The number of aromatic nitrogens is 1. The highest BCUT2D eigenvalue weighted by atomic mass is 79.9. The van der Waals surface area contributed by atoms with Gasteiger partial charge in [0.2, 0.25) is 5.88 Å². The molecule has 0 unspecified atom stereocenters. The van der Waals surface area contributed by atoms with Gasteiger partial charge in [-0.2, -0.15) is 0 Å². The predicted octanol–water partition coefficient (Wildman–Crippen LogP) is 5.48. The van der Waals surface area contributed by atoms with Crippen molar-refractivity contribution in [3.63, 3.8) is 0 Å². The van der Waals surface area contributed by atoms with Gasteiger partial charge in [-0.25, -0.2) is 9.37 Å². The quantitative estimate of drug-likeness (QED) is 0.531. The average Bonchev–Trinajstić information content (AvgIpc) is 2.35. The van der Waals surface area contributed by atoms with E-state index in [0.717, 1.165) is 11.3 Å². The number of rotatable bonds is 3. The van der Waals surface area contributed by atoms with E-state index in [1.165, 1.54) is 12.1 Å². The normalized spacial score (nSPS) is 10.6. The van der Waals surface area contributed by atoms with Crippen LogP contribution in [0.1, 0.15) is 11.3 Å². The van der Waals surface area contributed by atoms with E-state index < -0.39 is 5.82 Å². The third-order valence-corrected chi connectivity index (χ3v) is 3.55. The minimum Gasteiger partial charge on any atom is -0.437 e. The van der Waals surface area contributed by atoms with Gasteiger partial charge in [0.1, 0.15) is 5.82 Å². The van der Waals surface area contributed by atoms with Crippen molar-refractivity contribution in [1.29, 1.82) is 0 Å². The van der Waals surface area contributed by atoms with E-state index in [1.54, 1.807) is 6.07 Å². The molecule has 100 valence electrons. The van der Waals surface area contributed by atoms with Crippen LogP contribution in [0.4, 0.5) is 4.39 Å². The van der Waals surface area contributed by atoms with Gasteiger partial charge in [-0.15, -0.1) is 11.6 Å². The molecule has 2 aromatic rings. The molecule has 0 saturated carbocycles. The van der Waals surface area contributed by atoms with E-state index in [-0.39, 0.29) is 10.2 Å². The number of pyridine rings is 1. The van der Waals surface area contributed by atoms with E-state index in [9.17, 15) is 4.39 Å². The summed E-state index contributed by atoms with van der Waals surface area (Å²) in [6, 6.07) is 6.18. The lowest BCUT2D eigenvalue weighted by molar-refractivity contribution is 0.456. The van der Waals surface area contributed by atoms with E-state index in [2.05, 4.69) is 20.9 Å². The summed E-state index contributed by atoms with van der Waals surface area (Å²) in [6.07, 6.45) is 0. The number of ether oxygens (including phenoxy) is 1. The Hall–Kier alpha value is -0.840. The Bertz CT molecular complexity index is 622. The molecule has 2 rings (SSSR count). The first-order chi connectivity index (χ1) is 8.99. The molecule has 0 aliphatic rings. The highest BCUT2D eigenvalue weighted by molar-refractivity contribution is 9.10. The van der Waals surface area contributed by atoms with Crippen LogP contribution in [0, 0.1) is 12.7 Å². The molecule has 0 atom stereocenters. The molecular formula is C13H9BrCl2FNO.